The van der Waals surface area contributed by atoms with Crippen LogP contribution >= 0.6 is 0 Å². The fourth-order valence-electron chi connectivity index (χ4n) is 2.15. The normalized spacial score (nSPS) is 17.0. The third-order valence-corrected chi connectivity index (χ3v) is 3.17. The van der Waals surface area contributed by atoms with Crippen molar-refractivity contribution in [1.29, 1.82) is 0 Å². The quantitative estimate of drug-likeness (QED) is 0.932. The minimum absolute atomic E-state index is 0.253. The van der Waals surface area contributed by atoms with E-state index in [1.807, 2.05) is 50.9 Å². The first-order valence-corrected chi connectivity index (χ1v) is 8.16. The number of amides is 1. The van der Waals surface area contributed by atoms with Gasteiger partial charge in [-0.05, 0) is 25.0 Å². The number of aryl methyl sites for hydroxylation is 1. The van der Waals surface area contributed by atoms with Crippen molar-refractivity contribution in [3.8, 4) is 0 Å². The van der Waals surface area contributed by atoms with Crippen LogP contribution in [0, 0.1) is 0 Å². The number of pyridine rings is 1. The predicted octanol–water partition coefficient (Wildman–Crippen LogP) is 2.89. The van der Waals surface area contributed by atoms with Gasteiger partial charge in [0, 0.05) is 44.5 Å². The van der Waals surface area contributed by atoms with Gasteiger partial charge in [0.05, 0.1) is 0 Å². The van der Waals surface area contributed by atoms with E-state index in [1.54, 1.807) is 6.20 Å². The maximum Gasteiger partial charge on any atom is 0.223 e. The Morgan fingerprint density at radius 1 is 1.38 bits per heavy atom. The van der Waals surface area contributed by atoms with Crippen molar-refractivity contribution in [3.63, 3.8) is 0 Å². The molecule has 1 unspecified atom stereocenters. The highest BCUT2D eigenvalue weighted by Gasteiger charge is 2.22. The Bertz CT molecular complexity index is 368. The van der Waals surface area contributed by atoms with Crippen molar-refractivity contribution in [2.45, 2.75) is 53.5 Å². The molecular formula is C17H31N3O. The summed E-state index contributed by atoms with van der Waals surface area (Å²) in [7, 11) is 0. The lowest BCUT2D eigenvalue weighted by molar-refractivity contribution is -0.133. The lowest BCUT2D eigenvalue weighted by Crippen LogP contribution is -2.52. The molecule has 1 atom stereocenters. The van der Waals surface area contributed by atoms with Crippen molar-refractivity contribution in [1.82, 2.24) is 15.2 Å². The zero-order valence-electron chi connectivity index (χ0n) is 14.2. The Labute approximate surface area is 130 Å². The second-order valence-corrected chi connectivity index (χ2v) is 4.50. The molecule has 1 aromatic rings. The summed E-state index contributed by atoms with van der Waals surface area (Å²) in [5.74, 6) is 0.253. The van der Waals surface area contributed by atoms with Crippen LogP contribution in [0.3, 0.4) is 0 Å². The molecule has 1 amide bonds. The molecule has 1 N–H and O–H groups in total. The third-order valence-electron chi connectivity index (χ3n) is 3.17. The molecule has 120 valence electrons. The molecule has 2 rings (SSSR count). The Morgan fingerprint density at radius 3 is 2.67 bits per heavy atom. The minimum atomic E-state index is 0.253. The summed E-state index contributed by atoms with van der Waals surface area (Å²) in [5.41, 5.74) is 1.13. The number of piperazine rings is 1. The number of nitrogens with one attached hydrogen (secondary N) is 1. The van der Waals surface area contributed by atoms with E-state index in [9.17, 15) is 4.79 Å². The molecule has 0 aliphatic carbocycles. The molecule has 1 aliphatic heterocycles. The van der Waals surface area contributed by atoms with Gasteiger partial charge in [-0.2, -0.15) is 0 Å². The molecule has 4 nitrogen and oxygen atoms in total. The number of nitrogens with zero attached hydrogens (tertiary/aromatic N) is 2. The van der Waals surface area contributed by atoms with Crippen LogP contribution in [0.1, 0.15) is 46.6 Å². The summed E-state index contributed by atoms with van der Waals surface area (Å²) in [6.45, 7) is 12.7. The number of carbonyl (C=O) groups excluding carboxylic acids is 1. The minimum Gasteiger partial charge on any atom is -0.337 e. The zero-order valence-corrected chi connectivity index (χ0v) is 14.2. The fraction of sp³-hybridized carbons (Fsp3) is 0.647. The van der Waals surface area contributed by atoms with Crippen LogP contribution in [0.4, 0.5) is 0 Å². The zero-order chi connectivity index (χ0) is 16.1. The summed E-state index contributed by atoms with van der Waals surface area (Å²) < 4.78 is 0. The van der Waals surface area contributed by atoms with E-state index in [1.165, 1.54) is 0 Å². The molecule has 0 spiro atoms. The second-order valence-electron chi connectivity index (χ2n) is 4.50. The molecular weight excluding hydrogens is 262 g/mol. The van der Waals surface area contributed by atoms with Gasteiger partial charge in [-0.25, -0.2) is 0 Å². The molecule has 0 radical (unpaired) electrons. The van der Waals surface area contributed by atoms with Gasteiger partial charge in [0.2, 0.25) is 5.91 Å². The van der Waals surface area contributed by atoms with Crippen LogP contribution in [-0.2, 0) is 11.2 Å². The first-order valence-electron chi connectivity index (χ1n) is 8.16. The monoisotopic (exact) mass is 293 g/mol. The maximum absolute atomic E-state index is 12.1. The van der Waals surface area contributed by atoms with Crippen LogP contribution in [0.25, 0.3) is 0 Å². The molecule has 0 saturated carbocycles. The van der Waals surface area contributed by atoms with Crippen LogP contribution < -0.4 is 5.32 Å². The Balaban J connectivity index is 0.000000921. The molecule has 1 saturated heterocycles. The van der Waals surface area contributed by atoms with E-state index in [0.717, 1.165) is 31.6 Å². The molecule has 1 aliphatic rings. The lowest BCUT2D eigenvalue weighted by atomic mass is 10.1. The van der Waals surface area contributed by atoms with Crippen molar-refractivity contribution in [2.24, 2.45) is 0 Å². The molecule has 4 heteroatoms. The molecule has 0 bridgehead atoms. The number of carbonyl (C=O) groups is 1. The van der Waals surface area contributed by atoms with E-state index in [4.69, 9.17) is 0 Å². The highest BCUT2D eigenvalue weighted by molar-refractivity contribution is 5.76. The van der Waals surface area contributed by atoms with E-state index >= 15 is 0 Å². The average molecular weight is 293 g/mol. The van der Waals surface area contributed by atoms with Gasteiger partial charge < -0.3 is 10.2 Å². The Kier molecular flexibility index (Phi) is 11.5. The van der Waals surface area contributed by atoms with E-state index in [2.05, 4.69) is 17.2 Å². The summed E-state index contributed by atoms with van der Waals surface area (Å²) in [6.07, 6.45) is 4.94. The van der Waals surface area contributed by atoms with Crippen molar-refractivity contribution in [2.75, 3.05) is 19.6 Å². The van der Waals surface area contributed by atoms with Gasteiger partial charge in [0.15, 0.2) is 0 Å². The van der Waals surface area contributed by atoms with Crippen molar-refractivity contribution < 1.29 is 4.79 Å². The van der Waals surface area contributed by atoms with Gasteiger partial charge in [-0.3, -0.25) is 9.78 Å². The number of rotatable bonds is 3. The van der Waals surface area contributed by atoms with Gasteiger partial charge >= 0.3 is 0 Å². The van der Waals surface area contributed by atoms with Gasteiger partial charge in [-0.1, -0.05) is 33.8 Å². The smallest absolute Gasteiger partial charge is 0.223 e. The third kappa shape index (κ3) is 7.23. The first kappa shape index (κ1) is 19.6. The van der Waals surface area contributed by atoms with Crippen molar-refractivity contribution >= 4 is 5.91 Å². The summed E-state index contributed by atoms with van der Waals surface area (Å²) >= 11 is 0. The van der Waals surface area contributed by atoms with Crippen LogP contribution in [0.2, 0.25) is 0 Å². The summed E-state index contributed by atoms with van der Waals surface area (Å²) in [4.78, 5) is 18.1. The van der Waals surface area contributed by atoms with Gasteiger partial charge in [0.25, 0.3) is 0 Å². The SMILES string of the molecule is CC.CC.CC1CNCCN1C(=O)CCc1cccnc1. The molecule has 21 heavy (non-hydrogen) atoms. The fourth-order valence-corrected chi connectivity index (χ4v) is 2.15. The largest absolute Gasteiger partial charge is 0.337 e. The van der Waals surface area contributed by atoms with Crippen molar-refractivity contribution in [3.05, 3.63) is 30.1 Å². The Morgan fingerprint density at radius 2 is 2.10 bits per heavy atom. The molecule has 1 fully saturated rings. The van der Waals surface area contributed by atoms with Crippen LogP contribution in [-0.4, -0.2) is 41.5 Å². The van der Waals surface area contributed by atoms with E-state index in [-0.39, 0.29) is 5.91 Å². The molecule has 0 aromatic carbocycles. The molecule has 1 aromatic heterocycles. The van der Waals surface area contributed by atoms with E-state index in [0.29, 0.717) is 12.5 Å². The number of hydrogen-bond donors (Lipinski definition) is 1. The highest BCUT2D eigenvalue weighted by Crippen LogP contribution is 2.08. The van der Waals surface area contributed by atoms with Gasteiger partial charge in [0.1, 0.15) is 0 Å². The summed E-state index contributed by atoms with van der Waals surface area (Å²) in [6, 6.07) is 4.24. The second kappa shape index (κ2) is 12.3. The average Bonchev–Trinajstić information content (AvgIpc) is 2.58. The van der Waals surface area contributed by atoms with Crippen LogP contribution in [0.5, 0.6) is 0 Å². The number of hydrogen-bond acceptors (Lipinski definition) is 3. The number of aromatic nitrogens is 1. The predicted molar refractivity (Wildman–Crippen MR) is 89.3 cm³/mol. The van der Waals surface area contributed by atoms with Gasteiger partial charge in [-0.15, -0.1) is 0 Å². The van der Waals surface area contributed by atoms with Crippen LogP contribution in [0.15, 0.2) is 24.5 Å². The highest BCUT2D eigenvalue weighted by atomic mass is 16.2. The summed E-state index contributed by atoms with van der Waals surface area (Å²) in [5, 5.41) is 3.29. The Hall–Kier alpha value is -1.42. The van der Waals surface area contributed by atoms with E-state index < -0.39 is 0 Å². The topological polar surface area (TPSA) is 45.2 Å². The molecule has 2 heterocycles. The first-order chi connectivity index (χ1) is 10.3. The maximum atomic E-state index is 12.1. The lowest BCUT2D eigenvalue weighted by Gasteiger charge is -2.34. The standard InChI is InChI=1S/C13H19N3O.2C2H6/c1-11-9-15-7-8-16(11)13(17)5-4-12-3-2-6-14-10-12;2*1-2/h2-3,6,10-11,15H,4-5,7-9H2,1H3;2*1-2H3.